The summed E-state index contributed by atoms with van der Waals surface area (Å²) in [6, 6.07) is 0. The van der Waals surface area contributed by atoms with Crippen molar-refractivity contribution in [2.24, 2.45) is 10.8 Å². The average molecular weight is 879 g/mol. The number of halogens is 3. The Balaban J connectivity index is -0.0000000870. The first-order valence-corrected chi connectivity index (χ1v) is 22.0. The van der Waals surface area contributed by atoms with Gasteiger partial charge in [0, 0.05) is 19.3 Å². The molecule has 362 valence electrons. The number of rotatable bonds is 16. The van der Waals surface area contributed by atoms with E-state index in [1.165, 1.54) is 145 Å². The normalized spacial score (nSPS) is 11.4. The highest BCUT2D eigenvalue weighted by Gasteiger charge is 2.42. The molecule has 0 bridgehead atoms. The number of unbranched alkanes of at least 4 members (excludes halogenated alkanes) is 6. The number of carbonyl (C=O) groups is 8. The van der Waals surface area contributed by atoms with Gasteiger partial charge in [-0.3, -0.25) is 28.8 Å². The zero-order valence-corrected chi connectivity index (χ0v) is 42.6. The molecule has 1 fully saturated rings. The quantitative estimate of drug-likeness (QED) is 0.0849. The first kappa shape index (κ1) is 75.0. The van der Waals surface area contributed by atoms with E-state index in [0.717, 1.165) is 26.2 Å². The lowest BCUT2D eigenvalue weighted by Crippen LogP contribution is -2.28. The summed E-state index contributed by atoms with van der Waals surface area (Å²) in [4.78, 5) is 81.4. The van der Waals surface area contributed by atoms with Gasteiger partial charge >= 0.3 is 6.18 Å². The molecule has 1 saturated carbocycles. The number of alkyl halides is 3. The van der Waals surface area contributed by atoms with Gasteiger partial charge < -0.3 is 9.59 Å². The number of Topliss-reactive ketones (excluding diaryl/α,β-unsaturated/α-hetero) is 6. The molecule has 0 spiro atoms. The fourth-order valence-electron chi connectivity index (χ4n) is 3.10. The van der Waals surface area contributed by atoms with Gasteiger partial charge in [-0.15, -0.1) is 0 Å². The van der Waals surface area contributed by atoms with Crippen LogP contribution in [0.4, 0.5) is 13.2 Å². The largest absolute Gasteiger partial charge is 0.393 e. The Labute approximate surface area is 372 Å². The maximum Gasteiger partial charge on any atom is 0.393 e. The van der Waals surface area contributed by atoms with Crippen LogP contribution in [0.25, 0.3) is 0 Å². The number of ketones is 8. The SMILES string of the molecule is C=C(CC(C)=O)C(C)=O.CC(=O)C=CC(C)=O.CC(=O)CC(C)=O.CC(=O)CCC(C)=O.CC(C)(C)C(F)(F)F.CC1(C)CCC1.CCCC.CCCCC.CCCCCC. The fraction of sp³-hybridized carbons (Fsp3) is 0.760. The fourth-order valence-corrected chi connectivity index (χ4v) is 3.10. The molecule has 0 aromatic heterocycles. The first-order chi connectivity index (χ1) is 27.6. The Kier molecular flexibility index (Phi) is 60.6. The average Bonchev–Trinajstić information content (AvgIpc) is 3.09. The standard InChI is InChI=1S/C7H10O2.C6H10O2.C6H8O2.C6H12.C6H14.C5H9F3.C5H8O2.C5H12.C4H10/c1-5(7(3)9)4-6(2)8;2*1-5(7)3-4-6(2)8;1-6(2)4-3-5-6;1-3-5-6-4-2;1-4(2,3)5(6,7)8;1-4(6)3-5(2)7;1-3-5-4-2;1-3-4-2/h1,4H2,2-3H3;3-4H2,1-2H3;3-4H,1-2H3;3-5H2,1-2H3;3-6H2,1-2H3;1-3H3;3H2,1-2H3;3-5H2,1-2H3;3-4H2,1-2H3. The van der Waals surface area contributed by atoms with Crippen LogP contribution in [-0.4, -0.2) is 52.4 Å². The van der Waals surface area contributed by atoms with Crippen LogP contribution in [0, 0.1) is 10.8 Å². The van der Waals surface area contributed by atoms with Crippen molar-refractivity contribution in [3.05, 3.63) is 24.3 Å². The van der Waals surface area contributed by atoms with Crippen LogP contribution in [0.15, 0.2) is 24.3 Å². The van der Waals surface area contributed by atoms with E-state index in [2.05, 4.69) is 62.0 Å². The Morgan fingerprint density at radius 1 is 0.508 bits per heavy atom. The summed E-state index contributed by atoms with van der Waals surface area (Å²) < 4.78 is 34.7. The molecule has 0 aliphatic heterocycles. The summed E-state index contributed by atoms with van der Waals surface area (Å²) in [5, 5.41) is 0. The minimum atomic E-state index is -4.06. The van der Waals surface area contributed by atoms with Crippen molar-refractivity contribution in [1.82, 2.24) is 0 Å². The molecule has 1 aliphatic rings. The molecule has 0 aromatic carbocycles. The van der Waals surface area contributed by atoms with Crippen LogP contribution in [0.1, 0.15) is 234 Å². The van der Waals surface area contributed by atoms with Crippen molar-refractivity contribution < 1.29 is 51.5 Å². The summed E-state index contributed by atoms with van der Waals surface area (Å²) >= 11 is 0. The third-order valence-corrected chi connectivity index (χ3v) is 7.56. The number of carbonyl (C=O) groups excluding carboxylic acids is 8. The predicted octanol–water partition coefficient (Wildman–Crippen LogP) is 14.7. The second kappa shape index (κ2) is 49.3. The van der Waals surface area contributed by atoms with Crippen molar-refractivity contribution >= 4 is 46.3 Å². The van der Waals surface area contributed by atoms with Crippen LogP contribution < -0.4 is 0 Å². The van der Waals surface area contributed by atoms with Crippen LogP contribution in [0.3, 0.4) is 0 Å². The zero-order valence-electron chi connectivity index (χ0n) is 42.6. The Morgan fingerprint density at radius 2 is 0.770 bits per heavy atom. The summed E-state index contributed by atoms with van der Waals surface area (Å²) in [6.07, 6.45) is 16.1. The highest BCUT2D eigenvalue weighted by atomic mass is 19.4. The monoisotopic (exact) mass is 879 g/mol. The maximum atomic E-state index is 11.6. The van der Waals surface area contributed by atoms with E-state index in [1.807, 2.05) is 0 Å². The predicted molar refractivity (Wildman–Crippen MR) is 251 cm³/mol. The second-order valence-corrected chi connectivity index (χ2v) is 16.9. The second-order valence-electron chi connectivity index (χ2n) is 16.9. The molecule has 0 radical (unpaired) electrons. The molecule has 8 nitrogen and oxygen atoms in total. The summed E-state index contributed by atoms with van der Waals surface area (Å²) in [7, 11) is 0. The van der Waals surface area contributed by atoms with E-state index in [4.69, 9.17) is 0 Å². The van der Waals surface area contributed by atoms with Gasteiger partial charge in [0.1, 0.15) is 28.9 Å². The molecule has 0 saturated heterocycles. The van der Waals surface area contributed by atoms with Gasteiger partial charge in [-0.2, -0.15) is 13.2 Å². The third kappa shape index (κ3) is 97.5. The molecule has 0 N–H and O–H groups in total. The van der Waals surface area contributed by atoms with Crippen LogP contribution in [0.5, 0.6) is 0 Å². The van der Waals surface area contributed by atoms with E-state index in [-0.39, 0.29) is 59.1 Å². The topological polar surface area (TPSA) is 137 Å². The van der Waals surface area contributed by atoms with Crippen LogP contribution in [-0.2, 0) is 38.4 Å². The first-order valence-electron chi connectivity index (χ1n) is 22.0. The van der Waals surface area contributed by atoms with Crippen molar-refractivity contribution in [2.75, 3.05) is 0 Å². The lowest BCUT2D eigenvalue weighted by molar-refractivity contribution is -0.204. The Bertz CT molecular complexity index is 1140. The summed E-state index contributed by atoms with van der Waals surface area (Å²) in [5.41, 5.74) is -0.449. The minimum Gasteiger partial charge on any atom is -0.300 e. The molecule has 0 amide bonds. The molecular formula is C50H93F3O8. The van der Waals surface area contributed by atoms with E-state index in [0.29, 0.717) is 18.4 Å². The van der Waals surface area contributed by atoms with E-state index >= 15 is 0 Å². The Hall–Kier alpha value is -3.37. The molecule has 1 aliphatic carbocycles. The van der Waals surface area contributed by atoms with Crippen molar-refractivity contribution in [3.8, 4) is 0 Å². The number of allylic oxidation sites excluding steroid dienone is 3. The number of hydrogen-bond donors (Lipinski definition) is 0. The van der Waals surface area contributed by atoms with E-state index in [1.54, 1.807) is 0 Å². The minimum absolute atomic E-state index is 0.0183. The van der Waals surface area contributed by atoms with E-state index in [9.17, 15) is 51.5 Å². The van der Waals surface area contributed by atoms with Gasteiger partial charge in [0.2, 0.25) is 0 Å². The molecular weight excluding hydrogens is 786 g/mol. The van der Waals surface area contributed by atoms with Crippen molar-refractivity contribution in [2.45, 2.75) is 240 Å². The third-order valence-electron chi connectivity index (χ3n) is 7.56. The smallest absolute Gasteiger partial charge is 0.300 e. The summed E-state index contributed by atoms with van der Waals surface area (Å²) in [5.74, 6) is -0.277. The van der Waals surface area contributed by atoms with Gasteiger partial charge in [-0.25, -0.2) is 0 Å². The zero-order chi connectivity index (χ0) is 50.4. The van der Waals surface area contributed by atoms with Gasteiger partial charge in [0.25, 0.3) is 0 Å². The lowest BCUT2D eigenvalue weighted by Gasteiger charge is -2.33. The molecule has 0 unspecified atom stereocenters. The van der Waals surface area contributed by atoms with Crippen LogP contribution >= 0.6 is 0 Å². The molecule has 0 aromatic rings. The van der Waals surface area contributed by atoms with E-state index < -0.39 is 11.6 Å². The van der Waals surface area contributed by atoms with Gasteiger partial charge in [-0.1, -0.05) is 147 Å². The molecule has 61 heavy (non-hydrogen) atoms. The summed E-state index contributed by atoms with van der Waals surface area (Å²) in [6.45, 7) is 36.2. The van der Waals surface area contributed by atoms with Crippen molar-refractivity contribution in [1.29, 1.82) is 0 Å². The highest BCUT2D eigenvalue weighted by molar-refractivity contribution is 5.98. The van der Waals surface area contributed by atoms with Crippen molar-refractivity contribution in [3.63, 3.8) is 0 Å². The highest BCUT2D eigenvalue weighted by Crippen LogP contribution is 2.39. The number of hydrogen-bond acceptors (Lipinski definition) is 8. The molecule has 0 atom stereocenters. The van der Waals surface area contributed by atoms with Crippen LogP contribution in [0.2, 0.25) is 0 Å². The molecule has 1 rings (SSSR count). The molecule has 11 heteroatoms. The Morgan fingerprint density at radius 3 is 0.836 bits per heavy atom. The molecule has 0 heterocycles. The van der Waals surface area contributed by atoms with Gasteiger partial charge in [-0.05, 0) is 91.4 Å². The lowest BCUT2D eigenvalue weighted by atomic mass is 9.72. The maximum absolute atomic E-state index is 11.6. The van der Waals surface area contributed by atoms with Gasteiger partial charge in [0.05, 0.1) is 11.8 Å². The van der Waals surface area contributed by atoms with Gasteiger partial charge in [0.15, 0.2) is 17.3 Å².